The van der Waals surface area contributed by atoms with Crippen LogP contribution in [0.15, 0.2) is 0 Å². The predicted octanol–water partition coefficient (Wildman–Crippen LogP) is 0.631. The van der Waals surface area contributed by atoms with Crippen molar-refractivity contribution in [2.45, 2.75) is 31.7 Å². The van der Waals surface area contributed by atoms with Gasteiger partial charge >= 0.3 is 5.97 Å². The number of hydrogen-bond donors (Lipinski definition) is 1. The molecule has 0 bridgehead atoms. The molecule has 0 atom stereocenters. The summed E-state index contributed by atoms with van der Waals surface area (Å²) < 4.78 is 0. The molecule has 0 unspecified atom stereocenters. The van der Waals surface area contributed by atoms with Crippen LogP contribution in [0.3, 0.4) is 0 Å². The Labute approximate surface area is 90.9 Å². The Morgan fingerprint density at radius 1 is 1.33 bits per heavy atom. The van der Waals surface area contributed by atoms with Gasteiger partial charge in [0.25, 0.3) is 0 Å². The van der Waals surface area contributed by atoms with Crippen molar-refractivity contribution in [3.05, 3.63) is 0 Å². The molecule has 1 saturated heterocycles. The molecule has 4 nitrogen and oxygen atoms in total. The normalized spacial score (nSPS) is 22.5. The molecule has 1 aliphatic heterocycles. The highest BCUT2D eigenvalue weighted by molar-refractivity contribution is 5.69. The molecule has 0 radical (unpaired) electrons. The lowest BCUT2D eigenvalue weighted by molar-refractivity contribution is -0.138. The first kappa shape index (κ1) is 10.9. The van der Waals surface area contributed by atoms with Crippen molar-refractivity contribution in [3.63, 3.8) is 0 Å². The fraction of sp³-hybridized carbons (Fsp3) is 0.909. The molecule has 0 amide bonds. The Kier molecular flexibility index (Phi) is 3.59. The average Bonchev–Trinajstić information content (AvgIpc) is 2.90. The number of rotatable bonds is 6. The zero-order valence-corrected chi connectivity index (χ0v) is 9.19. The van der Waals surface area contributed by atoms with Gasteiger partial charge in [-0.3, -0.25) is 9.69 Å². The zero-order valence-electron chi connectivity index (χ0n) is 9.19. The van der Waals surface area contributed by atoms with Crippen LogP contribution in [0, 0.1) is 0 Å². The van der Waals surface area contributed by atoms with Crippen LogP contribution in [0.25, 0.3) is 0 Å². The molecule has 86 valence electrons. The molecule has 0 spiro atoms. The topological polar surface area (TPSA) is 43.8 Å². The zero-order chi connectivity index (χ0) is 10.7. The Morgan fingerprint density at radius 3 is 2.53 bits per heavy atom. The van der Waals surface area contributed by atoms with Crippen LogP contribution < -0.4 is 0 Å². The molecule has 4 heteroatoms. The minimum absolute atomic E-state index is 0.221. The fourth-order valence-electron chi connectivity index (χ4n) is 2.28. The van der Waals surface area contributed by atoms with Gasteiger partial charge < -0.3 is 10.0 Å². The van der Waals surface area contributed by atoms with Crippen LogP contribution in [-0.2, 0) is 4.79 Å². The van der Waals surface area contributed by atoms with Crippen LogP contribution in [0.5, 0.6) is 0 Å². The highest BCUT2D eigenvalue weighted by Gasteiger charge is 2.30. The molecule has 15 heavy (non-hydrogen) atoms. The number of carbonyl (C=O) groups is 1. The van der Waals surface area contributed by atoms with Crippen molar-refractivity contribution in [2.75, 3.05) is 32.7 Å². The Hall–Kier alpha value is -0.610. The Bertz CT molecular complexity index is 223. The maximum Gasteiger partial charge on any atom is 0.317 e. The number of hydrogen-bond acceptors (Lipinski definition) is 3. The van der Waals surface area contributed by atoms with Crippen LogP contribution >= 0.6 is 0 Å². The number of nitrogens with zero attached hydrogens (tertiary/aromatic N) is 2. The predicted molar refractivity (Wildman–Crippen MR) is 57.9 cm³/mol. The number of aliphatic carboxylic acids is 1. The van der Waals surface area contributed by atoms with Gasteiger partial charge in [-0.05, 0) is 38.8 Å². The molecule has 0 aromatic carbocycles. The van der Waals surface area contributed by atoms with Gasteiger partial charge in [-0.2, -0.15) is 0 Å². The summed E-state index contributed by atoms with van der Waals surface area (Å²) in [6.07, 6.45) is 4.99. The third kappa shape index (κ3) is 3.47. The lowest BCUT2D eigenvalue weighted by Crippen LogP contribution is -2.38. The number of likely N-dealkylation sites (tertiary alicyclic amines) is 1. The van der Waals surface area contributed by atoms with Gasteiger partial charge in [-0.1, -0.05) is 0 Å². The first-order chi connectivity index (χ1) is 7.25. The number of carboxylic acids is 1. The summed E-state index contributed by atoms with van der Waals surface area (Å²) in [5.74, 6) is -0.691. The third-order valence-electron chi connectivity index (χ3n) is 3.30. The van der Waals surface area contributed by atoms with Gasteiger partial charge in [0.05, 0.1) is 6.54 Å². The second-order valence-corrected chi connectivity index (χ2v) is 4.64. The van der Waals surface area contributed by atoms with Crippen molar-refractivity contribution in [3.8, 4) is 0 Å². The van der Waals surface area contributed by atoms with Crippen molar-refractivity contribution in [1.82, 2.24) is 9.80 Å². The van der Waals surface area contributed by atoms with Gasteiger partial charge in [0.1, 0.15) is 0 Å². The van der Waals surface area contributed by atoms with Gasteiger partial charge in [0, 0.05) is 19.1 Å². The SMILES string of the molecule is O=C(O)CN(CCN1CCCC1)C1CC1. The molecule has 2 aliphatic rings. The van der Waals surface area contributed by atoms with Crippen molar-refractivity contribution in [1.29, 1.82) is 0 Å². The summed E-state index contributed by atoms with van der Waals surface area (Å²) in [6.45, 7) is 4.59. The van der Waals surface area contributed by atoms with Gasteiger partial charge in [-0.25, -0.2) is 0 Å². The lowest BCUT2D eigenvalue weighted by Gasteiger charge is -2.23. The molecular weight excluding hydrogens is 192 g/mol. The minimum atomic E-state index is -0.691. The maximum atomic E-state index is 10.7. The van der Waals surface area contributed by atoms with Gasteiger partial charge in [0.15, 0.2) is 0 Å². The summed E-state index contributed by atoms with van der Waals surface area (Å²) in [6, 6.07) is 0.559. The van der Waals surface area contributed by atoms with E-state index in [4.69, 9.17) is 5.11 Å². The third-order valence-corrected chi connectivity index (χ3v) is 3.30. The van der Waals surface area contributed by atoms with E-state index < -0.39 is 5.97 Å². The molecule has 1 N–H and O–H groups in total. The minimum Gasteiger partial charge on any atom is -0.480 e. The Balaban J connectivity index is 1.70. The second-order valence-electron chi connectivity index (χ2n) is 4.64. The number of carboxylic acid groups (broad SMARTS) is 1. The first-order valence-corrected chi connectivity index (χ1v) is 5.94. The maximum absolute atomic E-state index is 10.7. The highest BCUT2D eigenvalue weighted by Crippen LogP contribution is 2.26. The molecular formula is C11H20N2O2. The van der Waals surface area contributed by atoms with Crippen LogP contribution in [-0.4, -0.2) is 59.6 Å². The first-order valence-electron chi connectivity index (χ1n) is 5.94. The van der Waals surface area contributed by atoms with E-state index in [2.05, 4.69) is 9.80 Å². The van der Waals surface area contributed by atoms with E-state index in [1.807, 2.05) is 0 Å². The average molecular weight is 212 g/mol. The summed E-state index contributed by atoms with van der Waals surface area (Å²) in [7, 11) is 0. The van der Waals surface area contributed by atoms with E-state index in [1.54, 1.807) is 0 Å². The van der Waals surface area contributed by atoms with Crippen molar-refractivity contribution < 1.29 is 9.90 Å². The summed E-state index contributed by atoms with van der Waals surface area (Å²) >= 11 is 0. The second kappa shape index (κ2) is 4.94. The molecule has 2 fully saturated rings. The van der Waals surface area contributed by atoms with E-state index in [0.717, 1.165) is 13.1 Å². The summed E-state index contributed by atoms with van der Waals surface area (Å²) in [4.78, 5) is 15.3. The molecule has 2 rings (SSSR count). The largest absolute Gasteiger partial charge is 0.480 e. The molecule has 0 aromatic rings. The molecule has 1 heterocycles. The van der Waals surface area contributed by atoms with Gasteiger partial charge in [0.2, 0.25) is 0 Å². The van der Waals surface area contributed by atoms with Crippen LogP contribution in [0.4, 0.5) is 0 Å². The van der Waals surface area contributed by atoms with Gasteiger partial charge in [-0.15, -0.1) is 0 Å². The Morgan fingerprint density at radius 2 is 2.00 bits per heavy atom. The van der Waals surface area contributed by atoms with Crippen LogP contribution in [0.1, 0.15) is 25.7 Å². The van der Waals surface area contributed by atoms with Crippen LogP contribution in [0.2, 0.25) is 0 Å². The van der Waals surface area contributed by atoms with Crippen molar-refractivity contribution >= 4 is 5.97 Å². The molecule has 1 aliphatic carbocycles. The summed E-state index contributed by atoms with van der Waals surface area (Å²) in [5, 5.41) is 8.80. The van der Waals surface area contributed by atoms with Crippen molar-refractivity contribution in [2.24, 2.45) is 0 Å². The smallest absolute Gasteiger partial charge is 0.317 e. The van der Waals surface area contributed by atoms with E-state index in [-0.39, 0.29) is 6.54 Å². The van der Waals surface area contributed by atoms with E-state index in [0.29, 0.717) is 6.04 Å². The molecule has 1 saturated carbocycles. The highest BCUT2D eigenvalue weighted by atomic mass is 16.4. The van der Waals surface area contributed by atoms with E-state index in [1.165, 1.54) is 38.8 Å². The quantitative estimate of drug-likeness (QED) is 0.701. The molecule has 0 aromatic heterocycles. The standard InChI is InChI=1S/C11H20N2O2/c14-11(15)9-13(10-3-4-10)8-7-12-5-1-2-6-12/h10H,1-9H2,(H,14,15). The summed E-state index contributed by atoms with van der Waals surface area (Å²) in [5.41, 5.74) is 0. The monoisotopic (exact) mass is 212 g/mol. The van der Waals surface area contributed by atoms with E-state index in [9.17, 15) is 4.79 Å². The van der Waals surface area contributed by atoms with E-state index >= 15 is 0 Å². The lowest BCUT2D eigenvalue weighted by atomic mass is 10.4. The fourth-order valence-corrected chi connectivity index (χ4v) is 2.28.